The minimum Gasteiger partial charge on any atom is -0.376 e. The normalized spacial score (nSPS) is 34.0. The summed E-state index contributed by atoms with van der Waals surface area (Å²) in [7, 11) is 1.58. The van der Waals surface area contributed by atoms with E-state index in [1.165, 1.54) is 0 Å². The Morgan fingerprint density at radius 1 is 1.82 bits per heavy atom. The zero-order valence-electron chi connectivity index (χ0n) is 6.50. The van der Waals surface area contributed by atoms with Gasteiger partial charge in [0, 0.05) is 13.7 Å². The fraction of sp³-hybridized carbons (Fsp3) is 1.00. The van der Waals surface area contributed by atoms with E-state index in [0.29, 0.717) is 6.54 Å². The summed E-state index contributed by atoms with van der Waals surface area (Å²) in [5.74, 6) is 0.205. The van der Waals surface area contributed by atoms with Crippen LogP contribution in [0.2, 0.25) is 0 Å². The lowest BCUT2D eigenvalue weighted by Gasteiger charge is -2.24. The Kier molecular flexibility index (Phi) is 3.00. The van der Waals surface area contributed by atoms with Crippen LogP contribution in [0.25, 0.3) is 0 Å². The second-order valence-corrected chi connectivity index (χ2v) is 3.71. The first-order chi connectivity index (χ1) is 5.18. The monoisotopic (exact) mass is 179 g/mol. The molecule has 1 heterocycles. The zero-order chi connectivity index (χ0) is 8.32. The van der Waals surface area contributed by atoms with Crippen LogP contribution in [0, 0.1) is 0 Å². The van der Waals surface area contributed by atoms with E-state index in [9.17, 15) is 4.21 Å². The predicted octanol–water partition coefficient (Wildman–Crippen LogP) is -0.413. The largest absolute Gasteiger partial charge is 0.376 e. The van der Waals surface area contributed by atoms with Crippen LogP contribution in [-0.4, -0.2) is 40.3 Å². The molecule has 0 saturated carbocycles. The highest BCUT2D eigenvalue weighted by molar-refractivity contribution is 7.79. The predicted molar refractivity (Wildman–Crippen MR) is 42.9 cm³/mol. The maximum atomic E-state index is 10.5. The summed E-state index contributed by atoms with van der Waals surface area (Å²) in [6.07, 6.45) is 0.815. The third-order valence-electron chi connectivity index (χ3n) is 2.02. The van der Waals surface area contributed by atoms with Crippen molar-refractivity contribution in [1.29, 1.82) is 0 Å². The summed E-state index contributed by atoms with van der Waals surface area (Å²) < 4.78 is 24.4. The topological polar surface area (TPSA) is 58.6 Å². The van der Waals surface area contributed by atoms with E-state index in [2.05, 4.69) is 5.32 Å². The number of methoxy groups -OCH3 is 1. The third kappa shape index (κ3) is 2.23. The number of ether oxygens (including phenoxy) is 1. The highest BCUT2D eigenvalue weighted by Gasteiger charge is 2.35. The van der Waals surface area contributed by atoms with Gasteiger partial charge in [-0.15, -0.1) is 0 Å². The van der Waals surface area contributed by atoms with Crippen molar-refractivity contribution < 1.29 is 13.5 Å². The van der Waals surface area contributed by atoms with Gasteiger partial charge in [-0.3, -0.25) is 0 Å². The molecule has 1 rings (SSSR count). The van der Waals surface area contributed by atoms with Gasteiger partial charge in [0.05, 0.1) is 11.4 Å². The van der Waals surface area contributed by atoms with Crippen molar-refractivity contribution in [3.05, 3.63) is 0 Å². The Balaban J connectivity index is 2.52. The fourth-order valence-corrected chi connectivity index (χ4v) is 2.12. The second kappa shape index (κ2) is 3.62. The number of nitrogens with one attached hydrogen (secondary N) is 1. The average Bonchev–Trinajstić information content (AvgIpc) is 2.36. The lowest BCUT2D eigenvalue weighted by atomic mass is 10.1. The van der Waals surface area contributed by atoms with E-state index in [1.54, 1.807) is 7.11 Å². The first-order valence-corrected chi connectivity index (χ1v) is 4.79. The summed E-state index contributed by atoms with van der Waals surface area (Å²) in [5, 5.41) is 3.10. The van der Waals surface area contributed by atoms with Crippen molar-refractivity contribution in [3.63, 3.8) is 0 Å². The maximum absolute atomic E-state index is 10.5. The Hall–Kier alpha value is 0.0300. The highest BCUT2D eigenvalue weighted by atomic mass is 32.2. The Labute approximate surface area is 68.6 Å². The van der Waals surface area contributed by atoms with Crippen molar-refractivity contribution in [2.45, 2.75) is 12.0 Å². The lowest BCUT2D eigenvalue weighted by molar-refractivity contribution is 0.0268. The van der Waals surface area contributed by atoms with Crippen molar-refractivity contribution >= 4 is 11.1 Å². The molecule has 0 radical (unpaired) electrons. The molecule has 2 N–H and O–H groups in total. The van der Waals surface area contributed by atoms with Crippen molar-refractivity contribution in [3.8, 4) is 0 Å². The summed E-state index contributed by atoms with van der Waals surface area (Å²) >= 11 is -1.76. The Morgan fingerprint density at radius 3 is 2.91 bits per heavy atom. The Bertz CT molecular complexity index is 156. The van der Waals surface area contributed by atoms with Gasteiger partial charge in [0.2, 0.25) is 0 Å². The van der Waals surface area contributed by atoms with Crippen LogP contribution >= 0.6 is 0 Å². The molecule has 0 spiro atoms. The number of rotatable bonds is 3. The van der Waals surface area contributed by atoms with E-state index < -0.39 is 16.7 Å². The molecule has 1 aliphatic heterocycles. The maximum Gasteiger partial charge on any atom is 0.155 e. The minimum absolute atomic E-state index is 0.205. The van der Waals surface area contributed by atoms with E-state index in [4.69, 9.17) is 9.29 Å². The van der Waals surface area contributed by atoms with Gasteiger partial charge in [-0.05, 0) is 13.0 Å². The van der Waals surface area contributed by atoms with Gasteiger partial charge in [-0.1, -0.05) is 0 Å². The minimum atomic E-state index is -1.76. The van der Waals surface area contributed by atoms with Crippen LogP contribution in [0.15, 0.2) is 0 Å². The van der Waals surface area contributed by atoms with Crippen molar-refractivity contribution in [1.82, 2.24) is 5.32 Å². The van der Waals surface area contributed by atoms with E-state index in [0.717, 1.165) is 13.0 Å². The van der Waals surface area contributed by atoms with Crippen LogP contribution < -0.4 is 5.32 Å². The molecule has 11 heavy (non-hydrogen) atoms. The van der Waals surface area contributed by atoms with Crippen LogP contribution in [0.5, 0.6) is 0 Å². The number of hydrogen-bond donors (Lipinski definition) is 2. The fourth-order valence-electron chi connectivity index (χ4n) is 1.30. The van der Waals surface area contributed by atoms with Crippen molar-refractivity contribution in [2.75, 3.05) is 26.0 Å². The smallest absolute Gasteiger partial charge is 0.155 e. The summed E-state index contributed by atoms with van der Waals surface area (Å²) in [6, 6.07) is 0. The molecule has 1 aliphatic rings. The van der Waals surface area contributed by atoms with Crippen LogP contribution in [-0.2, 0) is 15.8 Å². The molecule has 0 aromatic carbocycles. The zero-order valence-corrected chi connectivity index (χ0v) is 7.32. The quantitative estimate of drug-likeness (QED) is 0.578. The average molecular weight is 179 g/mol. The van der Waals surface area contributed by atoms with Gasteiger partial charge in [-0.2, -0.15) is 0 Å². The first kappa shape index (κ1) is 9.12. The summed E-state index contributed by atoms with van der Waals surface area (Å²) in [4.78, 5) is 0. The van der Waals surface area contributed by atoms with Gasteiger partial charge in [0.25, 0.3) is 0 Å². The molecule has 5 heteroatoms. The molecule has 2 unspecified atom stereocenters. The lowest BCUT2D eigenvalue weighted by Crippen LogP contribution is -2.39. The van der Waals surface area contributed by atoms with Crippen LogP contribution in [0.3, 0.4) is 0 Å². The molecule has 66 valence electrons. The molecule has 0 aromatic heterocycles. The van der Waals surface area contributed by atoms with E-state index >= 15 is 0 Å². The van der Waals surface area contributed by atoms with Crippen LogP contribution in [0.4, 0.5) is 0 Å². The Morgan fingerprint density at radius 2 is 2.55 bits per heavy atom. The molecule has 1 fully saturated rings. The van der Waals surface area contributed by atoms with Gasteiger partial charge >= 0.3 is 0 Å². The van der Waals surface area contributed by atoms with Crippen molar-refractivity contribution in [2.24, 2.45) is 0 Å². The highest BCUT2D eigenvalue weighted by Crippen LogP contribution is 2.19. The van der Waals surface area contributed by atoms with E-state index in [1.807, 2.05) is 0 Å². The SMILES string of the molecule is COC1(CS(=O)O)CCNC1. The molecule has 0 aliphatic carbocycles. The standard InChI is InChI=1S/C6H13NO3S/c1-10-6(5-11(8)9)2-3-7-4-6/h7H,2-5H2,1H3,(H,8,9). The van der Waals surface area contributed by atoms with Gasteiger partial charge in [0.15, 0.2) is 11.1 Å². The van der Waals surface area contributed by atoms with Gasteiger partial charge < -0.3 is 14.6 Å². The number of hydrogen-bond acceptors (Lipinski definition) is 3. The summed E-state index contributed by atoms with van der Waals surface area (Å²) in [6.45, 7) is 1.54. The second-order valence-electron chi connectivity index (χ2n) is 2.78. The molecule has 2 atom stereocenters. The molecule has 0 amide bonds. The molecule has 1 saturated heterocycles. The summed E-state index contributed by atoms with van der Waals surface area (Å²) in [5.41, 5.74) is -0.403. The third-order valence-corrected chi connectivity index (χ3v) is 2.80. The van der Waals surface area contributed by atoms with Gasteiger partial charge in [-0.25, -0.2) is 4.21 Å². The molecule has 0 bridgehead atoms. The first-order valence-electron chi connectivity index (χ1n) is 3.52. The van der Waals surface area contributed by atoms with E-state index in [-0.39, 0.29) is 5.75 Å². The molecular formula is C6H13NO3S. The molecule has 4 nitrogen and oxygen atoms in total. The van der Waals surface area contributed by atoms with Gasteiger partial charge in [0.1, 0.15) is 0 Å². The molecule has 0 aromatic rings. The molecular weight excluding hydrogens is 166 g/mol. The van der Waals surface area contributed by atoms with Crippen LogP contribution in [0.1, 0.15) is 6.42 Å².